The Balaban J connectivity index is 1.95. The Kier molecular flexibility index (Phi) is 6.07. The highest BCUT2D eigenvalue weighted by molar-refractivity contribution is 5.97. The van der Waals surface area contributed by atoms with Crippen molar-refractivity contribution in [2.24, 2.45) is 5.10 Å². The standard InChI is InChI=1S/C19H23N3O2/c1-13(2)16-9-8-14(3)11-18(16)24-12-19(23)22-21-15(4)17-7-5-6-10-20-17/h5-11,13H,12H2,1-4H3,(H,22,23)/b21-15-. The first-order chi connectivity index (χ1) is 11.5. The van der Waals surface area contributed by atoms with Crippen molar-refractivity contribution in [3.63, 3.8) is 0 Å². The van der Waals surface area contributed by atoms with Crippen molar-refractivity contribution < 1.29 is 9.53 Å². The number of carbonyl (C=O) groups excluding carboxylic acids is 1. The highest BCUT2D eigenvalue weighted by atomic mass is 16.5. The quantitative estimate of drug-likeness (QED) is 0.654. The first-order valence-corrected chi connectivity index (χ1v) is 7.95. The average molecular weight is 325 g/mol. The van der Waals surface area contributed by atoms with Crippen LogP contribution in [0.4, 0.5) is 0 Å². The fraction of sp³-hybridized carbons (Fsp3) is 0.316. The van der Waals surface area contributed by atoms with Crippen LogP contribution in [0.3, 0.4) is 0 Å². The van der Waals surface area contributed by atoms with Crippen molar-refractivity contribution in [1.82, 2.24) is 10.4 Å². The number of carbonyl (C=O) groups is 1. The van der Waals surface area contributed by atoms with Gasteiger partial charge in [-0.3, -0.25) is 9.78 Å². The molecule has 1 amide bonds. The number of aryl methyl sites for hydroxylation is 1. The van der Waals surface area contributed by atoms with Crippen molar-refractivity contribution in [2.75, 3.05) is 6.61 Å². The lowest BCUT2D eigenvalue weighted by Gasteiger charge is -2.14. The van der Waals surface area contributed by atoms with E-state index in [1.54, 1.807) is 13.1 Å². The Hall–Kier alpha value is -2.69. The van der Waals surface area contributed by atoms with Crippen molar-refractivity contribution >= 4 is 11.6 Å². The van der Waals surface area contributed by atoms with Gasteiger partial charge >= 0.3 is 0 Å². The minimum atomic E-state index is -0.304. The number of amides is 1. The zero-order valence-corrected chi connectivity index (χ0v) is 14.5. The highest BCUT2D eigenvalue weighted by Gasteiger charge is 2.10. The number of aromatic nitrogens is 1. The zero-order valence-electron chi connectivity index (χ0n) is 14.5. The molecular formula is C19H23N3O2. The molecule has 0 spiro atoms. The second kappa shape index (κ2) is 8.24. The van der Waals surface area contributed by atoms with Crippen LogP contribution in [0.2, 0.25) is 0 Å². The molecule has 126 valence electrons. The number of rotatable bonds is 6. The lowest BCUT2D eigenvalue weighted by molar-refractivity contribution is -0.123. The Bertz CT molecular complexity index is 725. The van der Waals surface area contributed by atoms with E-state index in [0.717, 1.165) is 22.6 Å². The Morgan fingerprint density at radius 2 is 2.08 bits per heavy atom. The molecule has 1 aromatic carbocycles. The minimum Gasteiger partial charge on any atom is -0.483 e. The predicted octanol–water partition coefficient (Wildman–Crippen LogP) is 3.43. The number of nitrogens with one attached hydrogen (secondary N) is 1. The van der Waals surface area contributed by atoms with Crippen molar-refractivity contribution in [1.29, 1.82) is 0 Å². The summed E-state index contributed by atoms with van der Waals surface area (Å²) >= 11 is 0. The van der Waals surface area contributed by atoms with Crippen LogP contribution in [0, 0.1) is 6.92 Å². The fourth-order valence-electron chi connectivity index (χ4n) is 2.20. The van der Waals surface area contributed by atoms with Gasteiger partial charge in [0, 0.05) is 6.20 Å². The molecule has 1 aromatic heterocycles. The lowest BCUT2D eigenvalue weighted by atomic mass is 10.0. The second-order valence-corrected chi connectivity index (χ2v) is 5.93. The highest BCUT2D eigenvalue weighted by Crippen LogP contribution is 2.27. The van der Waals surface area contributed by atoms with Crippen LogP contribution >= 0.6 is 0 Å². The third-order valence-corrected chi connectivity index (χ3v) is 3.53. The normalized spacial score (nSPS) is 11.5. The molecule has 2 rings (SSSR count). The summed E-state index contributed by atoms with van der Waals surface area (Å²) in [6.45, 7) is 7.90. The van der Waals surface area contributed by atoms with Crippen LogP contribution in [-0.4, -0.2) is 23.2 Å². The molecule has 0 aliphatic heterocycles. The maximum atomic E-state index is 12.0. The minimum absolute atomic E-state index is 0.0812. The largest absolute Gasteiger partial charge is 0.483 e. The van der Waals surface area contributed by atoms with Crippen LogP contribution in [0.15, 0.2) is 47.7 Å². The Morgan fingerprint density at radius 1 is 1.29 bits per heavy atom. The average Bonchev–Trinajstić information content (AvgIpc) is 2.58. The number of pyridine rings is 1. The molecule has 0 radical (unpaired) electrons. The molecule has 0 atom stereocenters. The third-order valence-electron chi connectivity index (χ3n) is 3.53. The second-order valence-electron chi connectivity index (χ2n) is 5.93. The molecule has 24 heavy (non-hydrogen) atoms. The molecule has 0 fully saturated rings. The summed E-state index contributed by atoms with van der Waals surface area (Å²) in [5.41, 5.74) is 6.04. The van der Waals surface area contributed by atoms with Gasteiger partial charge in [0.1, 0.15) is 5.75 Å². The Morgan fingerprint density at radius 3 is 2.75 bits per heavy atom. The van der Waals surface area contributed by atoms with E-state index in [4.69, 9.17) is 4.74 Å². The van der Waals surface area contributed by atoms with Crippen LogP contribution in [-0.2, 0) is 4.79 Å². The number of hydrazone groups is 1. The van der Waals surface area contributed by atoms with Gasteiger partial charge in [0.15, 0.2) is 6.61 Å². The van der Waals surface area contributed by atoms with Gasteiger partial charge in [0.05, 0.1) is 11.4 Å². The summed E-state index contributed by atoms with van der Waals surface area (Å²) in [6.07, 6.45) is 1.68. The van der Waals surface area contributed by atoms with E-state index in [0.29, 0.717) is 11.6 Å². The number of hydrogen-bond donors (Lipinski definition) is 1. The molecule has 1 heterocycles. The predicted molar refractivity (Wildman–Crippen MR) is 95.4 cm³/mol. The smallest absolute Gasteiger partial charge is 0.277 e. The molecule has 0 aliphatic carbocycles. The maximum Gasteiger partial charge on any atom is 0.277 e. The summed E-state index contributed by atoms with van der Waals surface area (Å²) in [5.74, 6) is 0.764. The molecule has 2 aromatic rings. The van der Waals surface area contributed by atoms with Crippen molar-refractivity contribution in [3.05, 3.63) is 59.4 Å². The van der Waals surface area contributed by atoms with Crippen molar-refractivity contribution in [2.45, 2.75) is 33.6 Å². The van der Waals surface area contributed by atoms with Gasteiger partial charge in [-0.25, -0.2) is 5.43 Å². The SMILES string of the molecule is C/C(=N/NC(=O)COc1cc(C)ccc1C(C)C)c1ccccn1. The summed E-state index contributed by atoms with van der Waals surface area (Å²) < 4.78 is 5.68. The fourth-order valence-corrected chi connectivity index (χ4v) is 2.20. The van der Waals surface area contributed by atoms with Crippen LogP contribution in [0.5, 0.6) is 5.75 Å². The summed E-state index contributed by atoms with van der Waals surface area (Å²) in [5, 5.41) is 4.06. The maximum absolute atomic E-state index is 12.0. The summed E-state index contributed by atoms with van der Waals surface area (Å²) in [7, 11) is 0. The van der Waals surface area contributed by atoms with E-state index >= 15 is 0 Å². The first-order valence-electron chi connectivity index (χ1n) is 7.95. The molecular weight excluding hydrogens is 302 g/mol. The Labute approximate surface area is 142 Å². The first kappa shape index (κ1) is 17.7. The lowest BCUT2D eigenvalue weighted by Crippen LogP contribution is -2.26. The summed E-state index contributed by atoms with van der Waals surface area (Å²) in [4.78, 5) is 16.1. The van der Waals surface area contributed by atoms with E-state index in [1.165, 1.54) is 0 Å². The van der Waals surface area contributed by atoms with Gasteiger partial charge in [0.25, 0.3) is 5.91 Å². The van der Waals surface area contributed by atoms with E-state index in [2.05, 4.69) is 29.4 Å². The van der Waals surface area contributed by atoms with E-state index in [-0.39, 0.29) is 12.5 Å². The van der Waals surface area contributed by atoms with Crippen LogP contribution in [0.1, 0.15) is 43.5 Å². The van der Waals surface area contributed by atoms with Gasteiger partial charge < -0.3 is 4.74 Å². The number of benzene rings is 1. The van der Waals surface area contributed by atoms with Crippen LogP contribution in [0.25, 0.3) is 0 Å². The number of ether oxygens (including phenoxy) is 1. The number of nitrogens with zero attached hydrogens (tertiary/aromatic N) is 2. The molecule has 0 saturated carbocycles. The zero-order chi connectivity index (χ0) is 17.5. The molecule has 1 N–H and O–H groups in total. The van der Waals surface area contributed by atoms with Crippen molar-refractivity contribution in [3.8, 4) is 5.75 Å². The van der Waals surface area contributed by atoms with E-state index in [1.807, 2.05) is 43.3 Å². The molecule has 0 saturated heterocycles. The number of hydrogen-bond acceptors (Lipinski definition) is 4. The van der Waals surface area contributed by atoms with E-state index in [9.17, 15) is 4.79 Å². The molecule has 0 aliphatic rings. The monoisotopic (exact) mass is 325 g/mol. The third kappa shape index (κ3) is 4.91. The van der Waals surface area contributed by atoms with Gasteiger partial charge in [-0.1, -0.05) is 32.0 Å². The molecule has 0 unspecified atom stereocenters. The van der Waals surface area contributed by atoms with Gasteiger partial charge in [0.2, 0.25) is 0 Å². The summed E-state index contributed by atoms with van der Waals surface area (Å²) in [6, 6.07) is 11.6. The van der Waals surface area contributed by atoms with Gasteiger partial charge in [-0.2, -0.15) is 5.10 Å². The van der Waals surface area contributed by atoms with Crippen LogP contribution < -0.4 is 10.2 Å². The molecule has 5 nitrogen and oxygen atoms in total. The molecule has 0 bridgehead atoms. The van der Waals surface area contributed by atoms with E-state index < -0.39 is 0 Å². The van der Waals surface area contributed by atoms with Gasteiger partial charge in [-0.15, -0.1) is 0 Å². The topological polar surface area (TPSA) is 63.6 Å². The van der Waals surface area contributed by atoms with Gasteiger partial charge in [-0.05, 0) is 49.1 Å². The molecule has 5 heteroatoms.